The summed E-state index contributed by atoms with van der Waals surface area (Å²) in [4.78, 5) is 18.8. The zero-order valence-electron chi connectivity index (χ0n) is 11.7. The van der Waals surface area contributed by atoms with Gasteiger partial charge in [0.05, 0.1) is 29.4 Å². The van der Waals surface area contributed by atoms with E-state index in [1.807, 2.05) is 36.6 Å². The molecule has 0 radical (unpaired) electrons. The molecule has 3 rings (SSSR count). The van der Waals surface area contributed by atoms with Crippen LogP contribution in [-0.2, 0) is 18.3 Å². The van der Waals surface area contributed by atoms with Crippen LogP contribution in [0.2, 0.25) is 0 Å². The number of carbonyl (C=O) groups excluding carboxylic acids is 1. The summed E-state index contributed by atoms with van der Waals surface area (Å²) < 4.78 is 1.79. The predicted octanol–water partition coefficient (Wildman–Crippen LogP) is 2.09. The summed E-state index contributed by atoms with van der Waals surface area (Å²) in [5, 5.41) is 7.20. The van der Waals surface area contributed by atoms with E-state index in [0.717, 1.165) is 35.7 Å². The van der Waals surface area contributed by atoms with Gasteiger partial charge in [-0.2, -0.15) is 5.10 Å². The lowest BCUT2D eigenvalue weighted by atomic mass is 10.1. The molecule has 6 heteroatoms. The van der Waals surface area contributed by atoms with Crippen molar-refractivity contribution < 1.29 is 4.79 Å². The minimum absolute atomic E-state index is 0.168. The number of hydrogen-bond donors (Lipinski definition) is 0. The van der Waals surface area contributed by atoms with Crippen LogP contribution in [0.5, 0.6) is 0 Å². The fourth-order valence-corrected chi connectivity index (χ4v) is 3.38. The Balaban J connectivity index is 1.73. The van der Waals surface area contributed by atoms with E-state index in [-0.39, 0.29) is 11.9 Å². The highest BCUT2D eigenvalue weighted by atomic mass is 32.1. The molecule has 1 amide bonds. The molecular weight excluding hydrogens is 272 g/mol. The van der Waals surface area contributed by atoms with E-state index in [4.69, 9.17) is 0 Å². The van der Waals surface area contributed by atoms with Crippen molar-refractivity contribution in [1.82, 2.24) is 19.7 Å². The fraction of sp³-hybridized carbons (Fsp3) is 0.500. The number of rotatable bonds is 3. The van der Waals surface area contributed by atoms with Gasteiger partial charge in [-0.1, -0.05) is 0 Å². The van der Waals surface area contributed by atoms with Crippen molar-refractivity contribution in [2.75, 3.05) is 6.54 Å². The summed E-state index contributed by atoms with van der Waals surface area (Å²) in [7, 11) is 1.91. The van der Waals surface area contributed by atoms with E-state index in [9.17, 15) is 4.79 Å². The Labute approximate surface area is 122 Å². The number of carbonyl (C=O) groups is 1. The SMILES string of the molecule is Cc1nc(CC(=O)N2CCCC2c2cnn(C)c2)cs1. The maximum atomic E-state index is 12.5. The number of aromatic nitrogens is 3. The Hall–Kier alpha value is -1.69. The van der Waals surface area contributed by atoms with Crippen molar-refractivity contribution >= 4 is 17.2 Å². The number of thiazole rings is 1. The molecule has 0 saturated carbocycles. The van der Waals surface area contributed by atoms with Gasteiger partial charge in [0.25, 0.3) is 0 Å². The van der Waals surface area contributed by atoms with Crippen molar-refractivity contribution in [2.45, 2.75) is 32.2 Å². The third kappa shape index (κ3) is 2.60. The highest BCUT2D eigenvalue weighted by Gasteiger charge is 2.30. The first-order chi connectivity index (χ1) is 9.63. The summed E-state index contributed by atoms with van der Waals surface area (Å²) in [5.41, 5.74) is 2.02. The van der Waals surface area contributed by atoms with E-state index in [1.54, 1.807) is 16.0 Å². The molecule has 2 aromatic rings. The normalized spacial score (nSPS) is 18.7. The molecule has 0 aromatic carbocycles. The van der Waals surface area contributed by atoms with Crippen LogP contribution in [0.1, 0.15) is 35.1 Å². The van der Waals surface area contributed by atoms with Crippen molar-refractivity contribution in [3.8, 4) is 0 Å². The molecular formula is C14H18N4OS. The van der Waals surface area contributed by atoms with Crippen LogP contribution in [0.4, 0.5) is 0 Å². The van der Waals surface area contributed by atoms with Gasteiger partial charge in [-0.25, -0.2) is 4.98 Å². The first kappa shape index (κ1) is 13.3. The molecule has 1 saturated heterocycles. The van der Waals surface area contributed by atoms with Crippen molar-refractivity contribution in [3.63, 3.8) is 0 Å². The van der Waals surface area contributed by atoms with E-state index >= 15 is 0 Å². The summed E-state index contributed by atoms with van der Waals surface area (Å²) in [5.74, 6) is 0.168. The second kappa shape index (κ2) is 5.36. The lowest BCUT2D eigenvalue weighted by Gasteiger charge is -2.23. The van der Waals surface area contributed by atoms with Crippen molar-refractivity contribution in [2.24, 2.45) is 7.05 Å². The molecule has 106 valence electrons. The molecule has 1 fully saturated rings. The van der Waals surface area contributed by atoms with Gasteiger partial charge < -0.3 is 4.90 Å². The topological polar surface area (TPSA) is 51.0 Å². The van der Waals surface area contributed by atoms with E-state index in [2.05, 4.69) is 10.1 Å². The molecule has 0 N–H and O–H groups in total. The lowest BCUT2D eigenvalue weighted by Crippen LogP contribution is -2.31. The van der Waals surface area contributed by atoms with Crippen molar-refractivity contribution in [1.29, 1.82) is 0 Å². The first-order valence-electron chi connectivity index (χ1n) is 6.82. The summed E-state index contributed by atoms with van der Waals surface area (Å²) >= 11 is 1.59. The Morgan fingerprint density at radius 2 is 2.40 bits per heavy atom. The highest BCUT2D eigenvalue weighted by molar-refractivity contribution is 7.09. The van der Waals surface area contributed by atoms with Crippen molar-refractivity contribution in [3.05, 3.63) is 34.0 Å². The number of likely N-dealkylation sites (tertiary alicyclic amines) is 1. The monoisotopic (exact) mass is 290 g/mol. The van der Waals surface area contributed by atoms with Gasteiger partial charge in [0.2, 0.25) is 5.91 Å². The Bertz CT molecular complexity index is 618. The van der Waals surface area contributed by atoms with Gasteiger partial charge in [0.1, 0.15) is 0 Å². The average Bonchev–Trinajstić information content (AvgIpc) is 3.09. The average molecular weight is 290 g/mol. The molecule has 1 aliphatic rings. The van der Waals surface area contributed by atoms with Crippen LogP contribution in [0.15, 0.2) is 17.8 Å². The van der Waals surface area contributed by atoms with Gasteiger partial charge in [-0.05, 0) is 19.8 Å². The number of amides is 1. The van der Waals surface area contributed by atoms with E-state index in [1.165, 1.54) is 0 Å². The summed E-state index contributed by atoms with van der Waals surface area (Å²) in [6, 6.07) is 0.177. The molecule has 0 bridgehead atoms. The quantitative estimate of drug-likeness (QED) is 0.869. The summed E-state index contributed by atoms with van der Waals surface area (Å²) in [6.45, 7) is 2.80. The summed E-state index contributed by atoms with van der Waals surface area (Å²) in [6.07, 6.45) is 6.35. The Morgan fingerprint density at radius 1 is 1.55 bits per heavy atom. The van der Waals surface area contributed by atoms with Gasteiger partial charge in [0.15, 0.2) is 0 Å². The second-order valence-corrected chi connectivity index (χ2v) is 6.29. The first-order valence-corrected chi connectivity index (χ1v) is 7.70. The lowest BCUT2D eigenvalue weighted by molar-refractivity contribution is -0.131. The molecule has 3 heterocycles. The standard InChI is InChI=1S/C14H18N4OS/c1-10-16-12(9-20-10)6-14(19)18-5-3-4-13(18)11-7-15-17(2)8-11/h7-9,13H,3-6H2,1-2H3. The minimum atomic E-state index is 0.168. The van der Waals surface area contributed by atoms with Gasteiger partial charge in [-0.3, -0.25) is 9.48 Å². The molecule has 0 spiro atoms. The molecule has 2 aromatic heterocycles. The molecule has 20 heavy (non-hydrogen) atoms. The maximum Gasteiger partial charge on any atom is 0.229 e. The maximum absolute atomic E-state index is 12.5. The third-order valence-corrected chi connectivity index (χ3v) is 4.50. The minimum Gasteiger partial charge on any atom is -0.335 e. The number of aryl methyl sites for hydroxylation is 2. The van der Waals surface area contributed by atoms with Gasteiger partial charge in [0, 0.05) is 30.7 Å². The highest BCUT2D eigenvalue weighted by Crippen LogP contribution is 2.32. The molecule has 0 aliphatic carbocycles. The predicted molar refractivity (Wildman–Crippen MR) is 77.5 cm³/mol. The molecule has 1 aliphatic heterocycles. The molecule has 1 unspecified atom stereocenters. The van der Waals surface area contributed by atoms with Crippen LogP contribution in [-0.4, -0.2) is 32.1 Å². The number of nitrogens with zero attached hydrogens (tertiary/aromatic N) is 4. The van der Waals surface area contributed by atoms with Crippen LogP contribution >= 0.6 is 11.3 Å². The van der Waals surface area contributed by atoms with Crippen LogP contribution in [0.3, 0.4) is 0 Å². The molecule has 5 nitrogen and oxygen atoms in total. The molecule has 1 atom stereocenters. The Kier molecular flexibility index (Phi) is 3.56. The van der Waals surface area contributed by atoms with Gasteiger partial charge in [-0.15, -0.1) is 11.3 Å². The van der Waals surface area contributed by atoms with Gasteiger partial charge >= 0.3 is 0 Å². The van der Waals surface area contributed by atoms with Crippen LogP contribution in [0, 0.1) is 6.92 Å². The smallest absolute Gasteiger partial charge is 0.229 e. The fourth-order valence-electron chi connectivity index (χ4n) is 2.77. The van der Waals surface area contributed by atoms with E-state index < -0.39 is 0 Å². The zero-order chi connectivity index (χ0) is 14.1. The number of hydrogen-bond acceptors (Lipinski definition) is 4. The largest absolute Gasteiger partial charge is 0.335 e. The second-order valence-electron chi connectivity index (χ2n) is 5.23. The zero-order valence-corrected chi connectivity index (χ0v) is 12.6. The Morgan fingerprint density at radius 3 is 3.05 bits per heavy atom. The van der Waals surface area contributed by atoms with E-state index in [0.29, 0.717) is 6.42 Å². The van der Waals surface area contributed by atoms with Crippen LogP contribution < -0.4 is 0 Å². The third-order valence-electron chi connectivity index (χ3n) is 3.68. The van der Waals surface area contributed by atoms with Crippen LogP contribution in [0.25, 0.3) is 0 Å².